The second-order valence-corrected chi connectivity index (χ2v) is 6.34. The molecule has 2 N–H and O–H groups in total. The van der Waals surface area contributed by atoms with Gasteiger partial charge in [0, 0.05) is 5.54 Å². The largest absolute Gasteiger partial charge is 0.325 e. The first-order valence-electron chi connectivity index (χ1n) is 6.76. The normalized spacial score (nSPS) is 24.0. The molecule has 1 nitrogen and oxygen atoms in total. The van der Waals surface area contributed by atoms with Gasteiger partial charge in [-0.25, -0.2) is 0 Å². The molecule has 1 aliphatic carbocycles. The molecular formula is C14H29N. The second kappa shape index (κ2) is 5.34. The van der Waals surface area contributed by atoms with Crippen LogP contribution in [0.1, 0.15) is 78.6 Å². The third kappa shape index (κ3) is 4.55. The van der Waals surface area contributed by atoms with Crippen LogP contribution in [0, 0.1) is 5.41 Å². The molecule has 1 aliphatic rings. The average Bonchev–Trinajstić information content (AvgIpc) is 2.19. The fourth-order valence-electron chi connectivity index (χ4n) is 2.58. The van der Waals surface area contributed by atoms with E-state index >= 15 is 0 Å². The molecule has 0 aromatic carbocycles. The summed E-state index contributed by atoms with van der Waals surface area (Å²) in [5.74, 6) is 0. The van der Waals surface area contributed by atoms with Crippen LogP contribution < -0.4 is 5.73 Å². The number of hydrogen-bond acceptors (Lipinski definition) is 1. The molecule has 1 rings (SSSR count). The fraction of sp³-hybridized carbons (Fsp3) is 1.00. The molecule has 0 aromatic heterocycles. The number of hydrogen-bond donors (Lipinski definition) is 1. The van der Waals surface area contributed by atoms with Gasteiger partial charge in [0.2, 0.25) is 0 Å². The summed E-state index contributed by atoms with van der Waals surface area (Å²) in [7, 11) is 0. The molecule has 90 valence electrons. The van der Waals surface area contributed by atoms with Crippen molar-refractivity contribution in [3.8, 4) is 0 Å². The predicted molar refractivity (Wildman–Crippen MR) is 67.9 cm³/mol. The summed E-state index contributed by atoms with van der Waals surface area (Å²) in [6.07, 6.45) is 11.8. The summed E-state index contributed by atoms with van der Waals surface area (Å²) < 4.78 is 0. The first-order chi connectivity index (χ1) is 6.97. The van der Waals surface area contributed by atoms with Crippen LogP contribution in [0.5, 0.6) is 0 Å². The Morgan fingerprint density at radius 2 is 1.53 bits per heavy atom. The van der Waals surface area contributed by atoms with Crippen LogP contribution in [0.25, 0.3) is 0 Å². The Morgan fingerprint density at radius 3 is 2.07 bits per heavy atom. The van der Waals surface area contributed by atoms with E-state index in [1.54, 1.807) is 0 Å². The maximum Gasteiger partial charge on any atom is 0.0154 e. The maximum atomic E-state index is 6.46. The van der Waals surface area contributed by atoms with Gasteiger partial charge in [-0.3, -0.25) is 0 Å². The van der Waals surface area contributed by atoms with Crippen molar-refractivity contribution in [3.63, 3.8) is 0 Å². The van der Waals surface area contributed by atoms with E-state index in [0.29, 0.717) is 5.41 Å². The molecule has 0 heterocycles. The summed E-state index contributed by atoms with van der Waals surface area (Å²) >= 11 is 0. The quantitative estimate of drug-likeness (QED) is 0.676. The van der Waals surface area contributed by atoms with E-state index in [4.69, 9.17) is 5.73 Å². The molecule has 0 unspecified atom stereocenters. The van der Waals surface area contributed by atoms with E-state index in [0.717, 1.165) is 0 Å². The third-order valence-electron chi connectivity index (χ3n) is 4.13. The molecule has 0 amide bonds. The van der Waals surface area contributed by atoms with E-state index in [-0.39, 0.29) is 5.54 Å². The van der Waals surface area contributed by atoms with E-state index in [1.807, 2.05) is 0 Å². The first kappa shape index (κ1) is 13.0. The maximum absolute atomic E-state index is 6.46. The molecule has 0 radical (unpaired) electrons. The monoisotopic (exact) mass is 211 g/mol. The minimum absolute atomic E-state index is 0.184. The van der Waals surface area contributed by atoms with Gasteiger partial charge in [-0.1, -0.05) is 46.5 Å². The van der Waals surface area contributed by atoms with Gasteiger partial charge in [0.25, 0.3) is 0 Å². The lowest BCUT2D eigenvalue weighted by Gasteiger charge is -2.41. The van der Waals surface area contributed by atoms with Crippen molar-refractivity contribution in [2.75, 3.05) is 0 Å². The summed E-state index contributed by atoms with van der Waals surface area (Å²) in [5.41, 5.74) is 7.19. The highest BCUT2D eigenvalue weighted by molar-refractivity contribution is 4.92. The van der Waals surface area contributed by atoms with Crippen LogP contribution in [0.15, 0.2) is 0 Å². The van der Waals surface area contributed by atoms with Crippen LogP contribution in [0.4, 0.5) is 0 Å². The van der Waals surface area contributed by atoms with Crippen molar-refractivity contribution in [3.05, 3.63) is 0 Å². The molecule has 0 aromatic rings. The highest BCUT2D eigenvalue weighted by atomic mass is 14.7. The summed E-state index contributed by atoms with van der Waals surface area (Å²) in [5, 5.41) is 0. The number of unbranched alkanes of at least 4 members (excludes halogenated alkanes) is 3. The highest BCUT2D eigenvalue weighted by Gasteiger charge is 2.34. The zero-order chi connectivity index (χ0) is 11.4. The van der Waals surface area contributed by atoms with Gasteiger partial charge in [0.05, 0.1) is 0 Å². The Balaban J connectivity index is 2.23. The molecule has 1 heteroatoms. The lowest BCUT2D eigenvalue weighted by Crippen LogP contribution is -2.44. The van der Waals surface area contributed by atoms with Crippen LogP contribution in [-0.4, -0.2) is 5.54 Å². The van der Waals surface area contributed by atoms with Crippen molar-refractivity contribution >= 4 is 0 Å². The van der Waals surface area contributed by atoms with Gasteiger partial charge in [0.15, 0.2) is 0 Å². The zero-order valence-electron chi connectivity index (χ0n) is 10.9. The fourth-order valence-corrected chi connectivity index (χ4v) is 2.58. The standard InChI is InChI=1S/C14H29N/c1-4-5-6-7-8-14(15)11-9-13(2,3)10-12-14/h4-12,15H2,1-3H3. The Labute approximate surface area is 95.8 Å². The van der Waals surface area contributed by atoms with Crippen LogP contribution in [0.2, 0.25) is 0 Å². The summed E-state index contributed by atoms with van der Waals surface area (Å²) in [6.45, 7) is 7.02. The van der Waals surface area contributed by atoms with E-state index in [1.165, 1.54) is 57.8 Å². The smallest absolute Gasteiger partial charge is 0.0154 e. The van der Waals surface area contributed by atoms with E-state index in [9.17, 15) is 0 Å². The van der Waals surface area contributed by atoms with Crippen molar-refractivity contribution in [2.45, 2.75) is 84.1 Å². The van der Waals surface area contributed by atoms with Crippen LogP contribution in [0.3, 0.4) is 0 Å². The molecule has 15 heavy (non-hydrogen) atoms. The average molecular weight is 211 g/mol. The van der Waals surface area contributed by atoms with Crippen LogP contribution in [-0.2, 0) is 0 Å². The van der Waals surface area contributed by atoms with Gasteiger partial charge in [0.1, 0.15) is 0 Å². The van der Waals surface area contributed by atoms with Gasteiger partial charge in [-0.2, -0.15) is 0 Å². The van der Waals surface area contributed by atoms with Crippen molar-refractivity contribution in [2.24, 2.45) is 11.1 Å². The molecule has 0 bridgehead atoms. The first-order valence-corrected chi connectivity index (χ1v) is 6.76. The lowest BCUT2D eigenvalue weighted by atomic mass is 9.68. The topological polar surface area (TPSA) is 26.0 Å². The molecule has 1 saturated carbocycles. The minimum Gasteiger partial charge on any atom is -0.325 e. The van der Waals surface area contributed by atoms with Crippen LogP contribution >= 0.6 is 0 Å². The van der Waals surface area contributed by atoms with Gasteiger partial charge < -0.3 is 5.73 Å². The predicted octanol–water partition coefficient (Wildman–Crippen LogP) is 4.25. The zero-order valence-corrected chi connectivity index (χ0v) is 10.9. The highest BCUT2D eigenvalue weighted by Crippen LogP contribution is 2.40. The molecule has 0 atom stereocenters. The molecule has 0 aliphatic heterocycles. The Morgan fingerprint density at radius 1 is 0.933 bits per heavy atom. The van der Waals surface area contributed by atoms with E-state index in [2.05, 4.69) is 20.8 Å². The molecule has 0 saturated heterocycles. The Bertz CT molecular complexity index is 174. The minimum atomic E-state index is 0.184. The third-order valence-corrected chi connectivity index (χ3v) is 4.13. The van der Waals surface area contributed by atoms with Gasteiger partial charge in [-0.05, 0) is 37.5 Å². The Hall–Kier alpha value is -0.0400. The van der Waals surface area contributed by atoms with Crippen molar-refractivity contribution in [1.82, 2.24) is 0 Å². The van der Waals surface area contributed by atoms with Gasteiger partial charge in [-0.15, -0.1) is 0 Å². The Kier molecular flexibility index (Phi) is 4.64. The molecule has 0 spiro atoms. The van der Waals surface area contributed by atoms with Gasteiger partial charge >= 0.3 is 0 Å². The van der Waals surface area contributed by atoms with Crippen molar-refractivity contribution in [1.29, 1.82) is 0 Å². The number of rotatable bonds is 5. The second-order valence-electron chi connectivity index (χ2n) is 6.34. The SMILES string of the molecule is CCCCCCC1(N)CCC(C)(C)CC1. The summed E-state index contributed by atoms with van der Waals surface area (Å²) in [6, 6.07) is 0. The lowest BCUT2D eigenvalue weighted by molar-refractivity contribution is 0.155. The van der Waals surface area contributed by atoms with E-state index < -0.39 is 0 Å². The molecule has 1 fully saturated rings. The van der Waals surface area contributed by atoms with Crippen molar-refractivity contribution < 1.29 is 0 Å². The molecular weight excluding hydrogens is 182 g/mol. The summed E-state index contributed by atoms with van der Waals surface area (Å²) in [4.78, 5) is 0. The number of nitrogens with two attached hydrogens (primary N) is 1.